The fraction of sp³-hybridized carbons (Fsp3) is 0.333. The van der Waals surface area contributed by atoms with E-state index in [9.17, 15) is 4.39 Å². The number of benzene rings is 1. The standard InChI is InChI=1S/C12H14BrFO/c1-4-5-9(3)15-12-6-8(2)11(14)7-10(12)13/h4,6-7,9H,1,5H2,2-3H3/t9-/m0/s1. The molecule has 82 valence electrons. The van der Waals surface area contributed by atoms with Crippen molar-refractivity contribution in [3.05, 3.63) is 40.6 Å². The summed E-state index contributed by atoms with van der Waals surface area (Å²) in [6.07, 6.45) is 2.61. The summed E-state index contributed by atoms with van der Waals surface area (Å²) in [6, 6.07) is 3.12. The van der Waals surface area contributed by atoms with Gasteiger partial charge in [-0.2, -0.15) is 0 Å². The topological polar surface area (TPSA) is 9.23 Å². The molecule has 0 fully saturated rings. The zero-order valence-corrected chi connectivity index (χ0v) is 10.5. The van der Waals surface area contributed by atoms with Gasteiger partial charge < -0.3 is 4.74 Å². The van der Waals surface area contributed by atoms with Crippen LogP contribution in [0.5, 0.6) is 5.75 Å². The van der Waals surface area contributed by atoms with Crippen LogP contribution in [-0.2, 0) is 0 Å². The summed E-state index contributed by atoms with van der Waals surface area (Å²) < 4.78 is 19.4. The lowest BCUT2D eigenvalue weighted by molar-refractivity contribution is 0.223. The van der Waals surface area contributed by atoms with E-state index >= 15 is 0 Å². The van der Waals surface area contributed by atoms with Crippen molar-refractivity contribution >= 4 is 15.9 Å². The lowest BCUT2D eigenvalue weighted by Gasteiger charge is -2.15. The van der Waals surface area contributed by atoms with Crippen molar-refractivity contribution in [1.82, 2.24) is 0 Å². The molecule has 0 aromatic heterocycles. The van der Waals surface area contributed by atoms with E-state index < -0.39 is 0 Å². The molecule has 0 saturated heterocycles. The Morgan fingerprint density at radius 3 is 2.87 bits per heavy atom. The summed E-state index contributed by atoms with van der Waals surface area (Å²) in [4.78, 5) is 0. The van der Waals surface area contributed by atoms with Crippen LogP contribution in [0.25, 0.3) is 0 Å². The molecule has 0 unspecified atom stereocenters. The number of hydrogen-bond acceptors (Lipinski definition) is 1. The average molecular weight is 273 g/mol. The molecule has 0 saturated carbocycles. The van der Waals surface area contributed by atoms with Crippen LogP contribution in [-0.4, -0.2) is 6.10 Å². The van der Waals surface area contributed by atoms with Crippen molar-refractivity contribution in [2.24, 2.45) is 0 Å². The van der Waals surface area contributed by atoms with Gasteiger partial charge in [-0.25, -0.2) is 4.39 Å². The minimum absolute atomic E-state index is 0.0451. The first kappa shape index (κ1) is 12.2. The average Bonchev–Trinajstić information content (AvgIpc) is 2.14. The Labute approximate surface area is 98.1 Å². The van der Waals surface area contributed by atoms with Crippen molar-refractivity contribution in [2.45, 2.75) is 26.4 Å². The fourth-order valence-corrected chi connectivity index (χ4v) is 1.63. The highest BCUT2D eigenvalue weighted by atomic mass is 79.9. The summed E-state index contributed by atoms with van der Waals surface area (Å²) in [6.45, 7) is 7.31. The largest absolute Gasteiger partial charge is 0.489 e. The number of ether oxygens (including phenoxy) is 1. The Hall–Kier alpha value is -0.830. The van der Waals surface area contributed by atoms with Crippen LogP contribution in [0.3, 0.4) is 0 Å². The normalized spacial score (nSPS) is 12.3. The highest BCUT2D eigenvalue weighted by molar-refractivity contribution is 9.10. The van der Waals surface area contributed by atoms with Gasteiger partial charge in [0.15, 0.2) is 0 Å². The van der Waals surface area contributed by atoms with E-state index in [1.54, 1.807) is 19.1 Å². The predicted octanol–water partition coefficient (Wildman–Crippen LogP) is 4.24. The van der Waals surface area contributed by atoms with Crippen molar-refractivity contribution in [3.63, 3.8) is 0 Å². The Morgan fingerprint density at radius 2 is 2.27 bits per heavy atom. The van der Waals surface area contributed by atoms with Gasteiger partial charge >= 0.3 is 0 Å². The molecule has 0 N–H and O–H groups in total. The lowest BCUT2D eigenvalue weighted by Crippen LogP contribution is -2.10. The molecule has 1 atom stereocenters. The van der Waals surface area contributed by atoms with Crippen LogP contribution in [0.1, 0.15) is 18.9 Å². The minimum Gasteiger partial charge on any atom is -0.489 e. The molecule has 0 aliphatic heterocycles. The van der Waals surface area contributed by atoms with Crippen LogP contribution in [0, 0.1) is 12.7 Å². The van der Waals surface area contributed by atoms with Gasteiger partial charge in [-0.1, -0.05) is 6.08 Å². The maximum Gasteiger partial charge on any atom is 0.134 e. The Morgan fingerprint density at radius 1 is 1.60 bits per heavy atom. The van der Waals surface area contributed by atoms with E-state index in [0.29, 0.717) is 15.8 Å². The summed E-state index contributed by atoms with van der Waals surface area (Å²) in [7, 11) is 0. The van der Waals surface area contributed by atoms with Gasteiger partial charge in [-0.15, -0.1) is 6.58 Å². The lowest BCUT2D eigenvalue weighted by atomic mass is 10.2. The molecule has 0 bridgehead atoms. The van der Waals surface area contributed by atoms with Gasteiger partial charge in [0.25, 0.3) is 0 Å². The molecule has 1 aromatic rings. The molecule has 0 spiro atoms. The van der Waals surface area contributed by atoms with Gasteiger partial charge in [-0.05, 0) is 47.5 Å². The fourth-order valence-electron chi connectivity index (χ4n) is 1.22. The molecule has 1 nitrogen and oxygen atoms in total. The molecule has 15 heavy (non-hydrogen) atoms. The van der Waals surface area contributed by atoms with Crippen LogP contribution in [0.4, 0.5) is 4.39 Å². The van der Waals surface area contributed by atoms with Crippen LogP contribution in [0.2, 0.25) is 0 Å². The SMILES string of the molecule is C=CC[C@H](C)Oc1cc(C)c(F)cc1Br. The van der Waals surface area contributed by atoms with E-state index in [1.807, 2.05) is 6.92 Å². The summed E-state index contributed by atoms with van der Waals surface area (Å²) in [5, 5.41) is 0. The summed E-state index contributed by atoms with van der Waals surface area (Å²) in [5.41, 5.74) is 0.582. The molecule has 0 aliphatic carbocycles. The van der Waals surface area contributed by atoms with Crippen molar-refractivity contribution in [3.8, 4) is 5.75 Å². The third-order valence-corrected chi connectivity index (χ3v) is 2.66. The van der Waals surface area contributed by atoms with Crippen molar-refractivity contribution in [2.75, 3.05) is 0 Å². The van der Waals surface area contributed by atoms with E-state index in [1.165, 1.54) is 6.07 Å². The highest BCUT2D eigenvalue weighted by Gasteiger charge is 2.09. The first-order chi connectivity index (χ1) is 7.04. The first-order valence-corrected chi connectivity index (χ1v) is 5.57. The Kier molecular flexibility index (Phi) is 4.33. The molecule has 0 aliphatic rings. The summed E-state index contributed by atoms with van der Waals surface area (Å²) in [5.74, 6) is 0.439. The van der Waals surface area contributed by atoms with E-state index in [4.69, 9.17) is 4.74 Å². The summed E-state index contributed by atoms with van der Waals surface area (Å²) >= 11 is 3.27. The van der Waals surface area contributed by atoms with Gasteiger partial charge in [-0.3, -0.25) is 0 Å². The number of halogens is 2. The van der Waals surface area contributed by atoms with Crippen molar-refractivity contribution in [1.29, 1.82) is 0 Å². The number of rotatable bonds is 4. The van der Waals surface area contributed by atoms with E-state index in [2.05, 4.69) is 22.5 Å². The quantitative estimate of drug-likeness (QED) is 0.745. The smallest absolute Gasteiger partial charge is 0.134 e. The minimum atomic E-state index is -0.231. The molecule has 3 heteroatoms. The first-order valence-electron chi connectivity index (χ1n) is 4.77. The van der Waals surface area contributed by atoms with E-state index in [-0.39, 0.29) is 11.9 Å². The zero-order chi connectivity index (χ0) is 11.4. The maximum absolute atomic E-state index is 13.1. The second-order valence-electron chi connectivity index (χ2n) is 3.48. The number of aryl methyl sites for hydroxylation is 1. The maximum atomic E-state index is 13.1. The third kappa shape index (κ3) is 3.34. The van der Waals surface area contributed by atoms with Gasteiger partial charge in [0, 0.05) is 6.42 Å². The molecular weight excluding hydrogens is 259 g/mol. The van der Waals surface area contributed by atoms with Crippen LogP contribution in [0.15, 0.2) is 29.3 Å². The van der Waals surface area contributed by atoms with Gasteiger partial charge in [0.2, 0.25) is 0 Å². The van der Waals surface area contributed by atoms with Crippen LogP contribution >= 0.6 is 15.9 Å². The molecule has 1 rings (SSSR count). The predicted molar refractivity (Wildman–Crippen MR) is 63.7 cm³/mol. The number of hydrogen-bond donors (Lipinski definition) is 0. The van der Waals surface area contributed by atoms with Gasteiger partial charge in [0.1, 0.15) is 11.6 Å². The molecule has 0 heterocycles. The van der Waals surface area contributed by atoms with Crippen molar-refractivity contribution < 1.29 is 9.13 Å². The molecule has 0 radical (unpaired) electrons. The molecule has 1 aromatic carbocycles. The monoisotopic (exact) mass is 272 g/mol. The Balaban J connectivity index is 2.85. The van der Waals surface area contributed by atoms with E-state index in [0.717, 1.165) is 6.42 Å². The van der Waals surface area contributed by atoms with Crippen LogP contribution < -0.4 is 4.74 Å². The second-order valence-corrected chi connectivity index (χ2v) is 4.34. The molecule has 0 amide bonds. The zero-order valence-electron chi connectivity index (χ0n) is 8.89. The molecular formula is C12H14BrFO. The van der Waals surface area contributed by atoms with Gasteiger partial charge in [0.05, 0.1) is 10.6 Å². The Bertz CT molecular complexity index is 363. The third-order valence-electron chi connectivity index (χ3n) is 2.04. The second kappa shape index (κ2) is 5.31. The highest BCUT2D eigenvalue weighted by Crippen LogP contribution is 2.29.